The molecule has 1 N–H and O–H groups in total. The van der Waals surface area contributed by atoms with Crippen molar-refractivity contribution in [3.8, 4) is 5.75 Å². The van der Waals surface area contributed by atoms with Crippen LogP contribution in [0.15, 0.2) is 59.5 Å². The Morgan fingerprint density at radius 2 is 1.95 bits per heavy atom. The maximum Gasteiger partial charge on any atom is 0.227 e. The highest BCUT2D eigenvalue weighted by Crippen LogP contribution is 2.19. The second kappa shape index (κ2) is 7.60. The Morgan fingerprint density at radius 1 is 1.15 bits per heavy atom. The van der Waals surface area contributed by atoms with Crippen molar-refractivity contribution < 1.29 is 9.53 Å². The van der Waals surface area contributed by atoms with Crippen LogP contribution in [0.2, 0.25) is 0 Å². The monoisotopic (exact) mass is 287 g/mol. The number of hydrogen-bond acceptors (Lipinski definition) is 3. The maximum atomic E-state index is 11.8. The molecule has 2 rings (SSSR count). The number of carbonyl (C=O) groups is 1. The molecule has 0 saturated heterocycles. The molecule has 0 saturated carbocycles. The first-order valence-corrected chi connectivity index (χ1v) is 7.62. The minimum atomic E-state index is -0.0424. The highest BCUT2D eigenvalue weighted by Gasteiger charge is 2.03. The lowest BCUT2D eigenvalue weighted by Crippen LogP contribution is -2.15. The molecule has 0 aliphatic heterocycles. The average molecular weight is 287 g/mol. The molecule has 2 aromatic carbocycles. The van der Waals surface area contributed by atoms with E-state index in [2.05, 4.69) is 5.32 Å². The van der Waals surface area contributed by atoms with Crippen molar-refractivity contribution in [3.63, 3.8) is 0 Å². The van der Waals surface area contributed by atoms with Crippen LogP contribution in [0.4, 0.5) is 5.69 Å². The molecular formula is C16H17NO2S. The fourth-order valence-electron chi connectivity index (χ4n) is 1.70. The second-order valence-corrected chi connectivity index (χ2v) is 5.07. The third-order valence-electron chi connectivity index (χ3n) is 2.69. The predicted molar refractivity (Wildman–Crippen MR) is 83.4 cm³/mol. The largest absolute Gasteiger partial charge is 0.493 e. The first-order valence-electron chi connectivity index (χ1n) is 6.39. The summed E-state index contributed by atoms with van der Waals surface area (Å²) in [6.07, 6.45) is 2.34. The third kappa shape index (κ3) is 4.63. The molecule has 20 heavy (non-hydrogen) atoms. The van der Waals surface area contributed by atoms with E-state index in [1.54, 1.807) is 11.8 Å². The fraction of sp³-hybridized carbons (Fsp3) is 0.188. The number of hydrogen-bond donors (Lipinski definition) is 1. The lowest BCUT2D eigenvalue weighted by molar-refractivity contribution is -0.116. The van der Waals surface area contributed by atoms with Gasteiger partial charge in [0.15, 0.2) is 0 Å². The van der Waals surface area contributed by atoms with Crippen LogP contribution in [0, 0.1) is 0 Å². The number of benzene rings is 2. The summed E-state index contributed by atoms with van der Waals surface area (Å²) in [4.78, 5) is 12.9. The third-order valence-corrected chi connectivity index (χ3v) is 3.42. The number of para-hydroxylation sites is 1. The zero-order valence-electron chi connectivity index (χ0n) is 11.3. The summed E-state index contributed by atoms with van der Waals surface area (Å²) in [5, 5.41) is 2.87. The van der Waals surface area contributed by atoms with Gasteiger partial charge in [-0.1, -0.05) is 24.3 Å². The van der Waals surface area contributed by atoms with E-state index >= 15 is 0 Å². The molecule has 2 aromatic rings. The zero-order valence-corrected chi connectivity index (χ0v) is 12.2. The fourth-order valence-corrected chi connectivity index (χ4v) is 2.16. The van der Waals surface area contributed by atoms with Crippen molar-refractivity contribution in [1.82, 2.24) is 0 Å². The highest BCUT2D eigenvalue weighted by atomic mass is 32.2. The van der Waals surface area contributed by atoms with Crippen LogP contribution in [-0.2, 0) is 4.79 Å². The molecule has 0 aliphatic rings. The number of rotatable bonds is 6. The lowest BCUT2D eigenvalue weighted by atomic mass is 10.3. The lowest BCUT2D eigenvalue weighted by Gasteiger charge is -2.08. The van der Waals surface area contributed by atoms with E-state index in [0.29, 0.717) is 13.0 Å². The molecule has 1 amide bonds. The SMILES string of the molecule is CSc1cccc(NC(=O)CCOc2ccccc2)c1. The molecule has 0 heterocycles. The van der Waals surface area contributed by atoms with Crippen LogP contribution in [0.25, 0.3) is 0 Å². The van der Waals surface area contributed by atoms with Gasteiger partial charge in [0.05, 0.1) is 13.0 Å². The number of carbonyl (C=O) groups excluding carboxylic acids is 1. The molecule has 0 aliphatic carbocycles. The maximum absolute atomic E-state index is 11.8. The van der Waals surface area contributed by atoms with Crippen molar-refractivity contribution >= 4 is 23.4 Å². The second-order valence-electron chi connectivity index (χ2n) is 4.19. The molecule has 0 spiro atoms. The van der Waals surface area contributed by atoms with E-state index in [1.165, 1.54) is 0 Å². The molecular weight excluding hydrogens is 270 g/mol. The van der Waals surface area contributed by atoms with E-state index in [1.807, 2.05) is 60.9 Å². The van der Waals surface area contributed by atoms with E-state index in [-0.39, 0.29) is 5.91 Å². The van der Waals surface area contributed by atoms with Crippen molar-refractivity contribution in [3.05, 3.63) is 54.6 Å². The Balaban J connectivity index is 1.77. The van der Waals surface area contributed by atoms with Gasteiger partial charge in [0.2, 0.25) is 5.91 Å². The molecule has 0 unspecified atom stereocenters. The predicted octanol–water partition coefficient (Wildman–Crippen LogP) is 3.82. The van der Waals surface area contributed by atoms with Crippen LogP contribution in [0.5, 0.6) is 5.75 Å². The zero-order chi connectivity index (χ0) is 14.2. The van der Waals surface area contributed by atoms with Crippen LogP contribution in [0.3, 0.4) is 0 Å². The normalized spacial score (nSPS) is 10.1. The summed E-state index contributed by atoms with van der Waals surface area (Å²) in [5.41, 5.74) is 0.821. The number of amides is 1. The minimum Gasteiger partial charge on any atom is -0.493 e. The molecule has 0 atom stereocenters. The Kier molecular flexibility index (Phi) is 5.50. The Bertz CT molecular complexity index is 557. The standard InChI is InChI=1S/C16H17NO2S/c1-20-15-9-5-6-13(12-15)17-16(18)10-11-19-14-7-3-2-4-8-14/h2-9,12H,10-11H2,1H3,(H,17,18). The van der Waals surface area contributed by atoms with Gasteiger partial charge in [-0.05, 0) is 36.6 Å². The molecule has 4 heteroatoms. The van der Waals surface area contributed by atoms with Gasteiger partial charge in [0, 0.05) is 10.6 Å². The average Bonchev–Trinajstić information content (AvgIpc) is 2.48. The molecule has 3 nitrogen and oxygen atoms in total. The molecule has 0 aromatic heterocycles. The van der Waals surface area contributed by atoms with Gasteiger partial charge in [-0.2, -0.15) is 0 Å². The van der Waals surface area contributed by atoms with Gasteiger partial charge in [-0.25, -0.2) is 0 Å². The Morgan fingerprint density at radius 3 is 2.70 bits per heavy atom. The van der Waals surface area contributed by atoms with Gasteiger partial charge in [0.1, 0.15) is 5.75 Å². The van der Waals surface area contributed by atoms with E-state index in [9.17, 15) is 4.79 Å². The quantitative estimate of drug-likeness (QED) is 0.821. The highest BCUT2D eigenvalue weighted by molar-refractivity contribution is 7.98. The smallest absolute Gasteiger partial charge is 0.227 e. The van der Waals surface area contributed by atoms with E-state index in [0.717, 1.165) is 16.3 Å². The summed E-state index contributed by atoms with van der Waals surface area (Å²) in [7, 11) is 0. The van der Waals surface area contributed by atoms with Gasteiger partial charge in [-0.3, -0.25) is 4.79 Å². The van der Waals surface area contributed by atoms with Crippen LogP contribution < -0.4 is 10.1 Å². The number of thioether (sulfide) groups is 1. The Hall–Kier alpha value is -1.94. The summed E-state index contributed by atoms with van der Waals surface area (Å²) >= 11 is 1.65. The van der Waals surface area contributed by atoms with Crippen LogP contribution in [0.1, 0.15) is 6.42 Å². The number of anilines is 1. The summed E-state index contributed by atoms with van der Waals surface area (Å²) < 4.78 is 5.49. The van der Waals surface area contributed by atoms with Gasteiger partial charge in [-0.15, -0.1) is 11.8 Å². The number of ether oxygens (including phenoxy) is 1. The number of nitrogens with one attached hydrogen (secondary N) is 1. The first-order chi connectivity index (χ1) is 9.78. The van der Waals surface area contributed by atoms with Gasteiger partial charge >= 0.3 is 0 Å². The van der Waals surface area contributed by atoms with Gasteiger partial charge < -0.3 is 10.1 Å². The van der Waals surface area contributed by atoms with Crippen molar-refractivity contribution in [1.29, 1.82) is 0 Å². The topological polar surface area (TPSA) is 38.3 Å². The van der Waals surface area contributed by atoms with Crippen molar-refractivity contribution in [2.75, 3.05) is 18.2 Å². The van der Waals surface area contributed by atoms with Gasteiger partial charge in [0.25, 0.3) is 0 Å². The summed E-state index contributed by atoms with van der Waals surface area (Å²) in [6, 6.07) is 17.3. The van der Waals surface area contributed by atoms with Crippen molar-refractivity contribution in [2.24, 2.45) is 0 Å². The van der Waals surface area contributed by atoms with Crippen LogP contribution >= 0.6 is 11.8 Å². The summed E-state index contributed by atoms with van der Waals surface area (Å²) in [6.45, 7) is 0.373. The minimum absolute atomic E-state index is 0.0424. The van der Waals surface area contributed by atoms with E-state index < -0.39 is 0 Å². The van der Waals surface area contributed by atoms with E-state index in [4.69, 9.17) is 4.74 Å². The molecule has 0 bridgehead atoms. The Labute approximate surface area is 123 Å². The van der Waals surface area contributed by atoms with Crippen LogP contribution in [-0.4, -0.2) is 18.8 Å². The molecule has 104 valence electrons. The molecule has 0 radical (unpaired) electrons. The first kappa shape index (κ1) is 14.5. The molecule has 0 fully saturated rings. The van der Waals surface area contributed by atoms with Crippen molar-refractivity contribution in [2.45, 2.75) is 11.3 Å². The summed E-state index contributed by atoms with van der Waals surface area (Å²) in [5.74, 6) is 0.740.